The first-order valence-corrected chi connectivity index (χ1v) is 22.6. The number of carbonyl (C=O) groups is 2. The van der Waals surface area contributed by atoms with E-state index in [-0.39, 0.29) is 24.9 Å². The van der Waals surface area contributed by atoms with Crippen LogP contribution in [0.1, 0.15) is 181 Å². The summed E-state index contributed by atoms with van der Waals surface area (Å²) in [4.78, 5) is 37.0. The number of likely N-dealkylation sites (N-methyl/N-ethyl adjacent to an activating group) is 1. The third-order valence-corrected chi connectivity index (χ3v) is 10.4. The fraction of sp³-hybridized carbons (Fsp3) is 0.857. The molecule has 10 heteroatoms. The number of carbonyl (C=O) groups excluding carboxylic acids is 2. The lowest BCUT2D eigenvalue weighted by Gasteiger charge is -2.30. The topological polar surface area (TPSA) is 125 Å². The number of hydrogen-bond acceptors (Lipinski definition) is 7. The van der Waals surface area contributed by atoms with Crippen molar-refractivity contribution in [1.82, 2.24) is 5.32 Å². The Balaban J connectivity index is 4.48. The van der Waals surface area contributed by atoms with Gasteiger partial charge in [-0.1, -0.05) is 154 Å². The molecular weight excluding hydrogens is 675 g/mol. The minimum absolute atomic E-state index is 0.00353. The standard InChI is InChI=1S/C42H81N2O7P/c1-6-8-10-11-12-13-14-15-16-17-20-23-26-30-34-41(46)40(38-51-52(48,49)50-37-36-44(3,4)5)43-42(47)35-31-27-24-21-18-19-22-25-29-33-39(45)32-28-9-7-2/h22,25,29,33,40-41,46H,6-21,23-24,26-28,30-32,34-38H2,1-5H3,(H-,43,47,48,49)/b25-22-,33-29+/t40-,41+/m0/s1. The molecule has 52 heavy (non-hydrogen) atoms. The fourth-order valence-electron chi connectivity index (χ4n) is 5.96. The van der Waals surface area contributed by atoms with Crippen molar-refractivity contribution in [2.24, 2.45) is 0 Å². The van der Waals surface area contributed by atoms with E-state index in [1.807, 2.05) is 33.3 Å². The number of ketones is 1. The van der Waals surface area contributed by atoms with E-state index in [9.17, 15) is 24.2 Å². The summed E-state index contributed by atoms with van der Waals surface area (Å²) in [6.45, 7) is 4.52. The number of quaternary nitrogens is 1. The number of rotatable bonds is 38. The SMILES string of the molecule is CCCCCCCCCCCCCCCC[C@@H](O)[C@H](COP(=O)([O-])OCC[N+](C)(C)C)NC(=O)CCCCCCC/C=C\C=C\C(=O)CCCCC. The van der Waals surface area contributed by atoms with Gasteiger partial charge in [-0.2, -0.15) is 0 Å². The van der Waals surface area contributed by atoms with E-state index >= 15 is 0 Å². The predicted molar refractivity (Wildman–Crippen MR) is 215 cm³/mol. The van der Waals surface area contributed by atoms with Gasteiger partial charge in [0.05, 0.1) is 39.9 Å². The third kappa shape index (κ3) is 35.7. The number of allylic oxidation sites excluding steroid dienone is 4. The maximum absolute atomic E-state index is 12.8. The van der Waals surface area contributed by atoms with E-state index in [1.54, 1.807) is 6.08 Å². The van der Waals surface area contributed by atoms with Crippen LogP contribution in [0.25, 0.3) is 0 Å². The zero-order valence-electron chi connectivity index (χ0n) is 34.3. The van der Waals surface area contributed by atoms with Gasteiger partial charge in [0.25, 0.3) is 7.82 Å². The maximum Gasteiger partial charge on any atom is 0.268 e. The summed E-state index contributed by atoms with van der Waals surface area (Å²) >= 11 is 0. The second-order valence-corrected chi connectivity index (χ2v) is 17.1. The highest BCUT2D eigenvalue weighted by Gasteiger charge is 2.24. The quantitative estimate of drug-likeness (QED) is 0.0211. The molecule has 0 aliphatic heterocycles. The van der Waals surface area contributed by atoms with Crippen molar-refractivity contribution in [2.45, 2.75) is 193 Å². The van der Waals surface area contributed by atoms with Crippen LogP contribution in [0.4, 0.5) is 0 Å². The molecule has 0 heterocycles. The summed E-state index contributed by atoms with van der Waals surface area (Å²) in [6.07, 6.45) is 34.4. The van der Waals surface area contributed by atoms with Crippen LogP contribution < -0.4 is 10.2 Å². The molecule has 0 bridgehead atoms. The van der Waals surface area contributed by atoms with Crippen molar-refractivity contribution in [1.29, 1.82) is 0 Å². The molecule has 306 valence electrons. The zero-order valence-corrected chi connectivity index (χ0v) is 35.2. The van der Waals surface area contributed by atoms with Crippen molar-refractivity contribution in [2.75, 3.05) is 40.9 Å². The normalized spacial score (nSPS) is 14.6. The molecule has 1 amide bonds. The summed E-state index contributed by atoms with van der Waals surface area (Å²) in [5.74, 6) is -0.0229. The fourth-order valence-corrected chi connectivity index (χ4v) is 6.68. The molecule has 0 fully saturated rings. The van der Waals surface area contributed by atoms with E-state index in [4.69, 9.17) is 9.05 Å². The molecule has 1 unspecified atom stereocenters. The summed E-state index contributed by atoms with van der Waals surface area (Å²) in [7, 11) is 1.25. The van der Waals surface area contributed by atoms with E-state index in [2.05, 4.69) is 25.2 Å². The number of aliphatic hydroxyl groups excluding tert-OH is 1. The van der Waals surface area contributed by atoms with Gasteiger partial charge in [-0.15, -0.1) is 0 Å². The zero-order chi connectivity index (χ0) is 38.8. The van der Waals surface area contributed by atoms with Crippen LogP contribution in [0.2, 0.25) is 0 Å². The molecule has 3 atom stereocenters. The average molecular weight is 757 g/mol. The molecule has 0 rings (SSSR count). The minimum Gasteiger partial charge on any atom is -0.756 e. The Morgan fingerprint density at radius 3 is 1.79 bits per heavy atom. The van der Waals surface area contributed by atoms with Crippen molar-refractivity contribution in [3.05, 3.63) is 24.3 Å². The molecule has 2 N–H and O–H groups in total. The monoisotopic (exact) mass is 757 g/mol. The maximum atomic E-state index is 12.8. The van der Waals surface area contributed by atoms with Gasteiger partial charge in [-0.05, 0) is 38.2 Å². The van der Waals surface area contributed by atoms with Gasteiger partial charge in [0.2, 0.25) is 5.91 Å². The molecule has 0 spiro atoms. The predicted octanol–water partition coefficient (Wildman–Crippen LogP) is 9.90. The Kier molecular flexibility index (Phi) is 33.3. The molecule has 0 saturated carbocycles. The number of nitrogens with one attached hydrogen (secondary N) is 1. The second-order valence-electron chi connectivity index (χ2n) is 15.7. The summed E-state index contributed by atoms with van der Waals surface area (Å²) < 4.78 is 23.2. The Morgan fingerprint density at radius 2 is 1.21 bits per heavy atom. The number of aliphatic hydroxyl groups is 1. The smallest absolute Gasteiger partial charge is 0.268 e. The Hall–Kier alpha value is -1.35. The Labute approximate surface area is 320 Å². The molecule has 0 aliphatic rings. The number of unbranched alkanes of at least 4 members (excludes halogenated alkanes) is 20. The van der Waals surface area contributed by atoms with Gasteiger partial charge in [0.15, 0.2) is 5.78 Å². The van der Waals surface area contributed by atoms with Crippen molar-refractivity contribution in [3.63, 3.8) is 0 Å². The lowest BCUT2D eigenvalue weighted by atomic mass is 10.0. The molecule has 0 aromatic rings. The third-order valence-electron chi connectivity index (χ3n) is 9.42. The van der Waals surface area contributed by atoms with E-state index in [0.717, 1.165) is 77.0 Å². The van der Waals surface area contributed by atoms with Crippen molar-refractivity contribution >= 4 is 19.5 Å². The first-order valence-electron chi connectivity index (χ1n) is 21.1. The number of nitrogens with zero attached hydrogens (tertiary/aromatic N) is 1. The lowest BCUT2D eigenvalue weighted by molar-refractivity contribution is -0.870. The highest BCUT2D eigenvalue weighted by atomic mass is 31.2. The largest absolute Gasteiger partial charge is 0.756 e. The van der Waals surface area contributed by atoms with Crippen LogP contribution in [0.5, 0.6) is 0 Å². The molecule has 0 aromatic heterocycles. The first-order chi connectivity index (χ1) is 24.9. The van der Waals surface area contributed by atoms with Gasteiger partial charge < -0.3 is 28.8 Å². The highest BCUT2D eigenvalue weighted by molar-refractivity contribution is 7.45. The second kappa shape index (κ2) is 34.2. The molecule has 0 saturated heterocycles. The van der Waals surface area contributed by atoms with Crippen LogP contribution in [0.15, 0.2) is 24.3 Å². The van der Waals surface area contributed by atoms with Gasteiger partial charge in [-0.25, -0.2) is 0 Å². The van der Waals surface area contributed by atoms with Crippen LogP contribution >= 0.6 is 7.82 Å². The van der Waals surface area contributed by atoms with Crippen LogP contribution in [0.3, 0.4) is 0 Å². The van der Waals surface area contributed by atoms with E-state index in [0.29, 0.717) is 30.3 Å². The highest BCUT2D eigenvalue weighted by Crippen LogP contribution is 2.38. The number of amides is 1. The first kappa shape index (κ1) is 50.6. The summed E-state index contributed by atoms with van der Waals surface area (Å²) in [5.41, 5.74) is 0. The van der Waals surface area contributed by atoms with E-state index in [1.165, 1.54) is 70.6 Å². The number of phosphoric ester groups is 1. The van der Waals surface area contributed by atoms with Gasteiger partial charge in [0, 0.05) is 12.8 Å². The van der Waals surface area contributed by atoms with Gasteiger partial charge in [0.1, 0.15) is 13.2 Å². The van der Waals surface area contributed by atoms with Gasteiger partial charge in [-0.3, -0.25) is 14.2 Å². The van der Waals surface area contributed by atoms with Crippen molar-refractivity contribution < 1.29 is 37.7 Å². The minimum atomic E-state index is -4.58. The van der Waals surface area contributed by atoms with E-state index < -0.39 is 20.0 Å². The Bertz CT molecular complexity index is 966. The lowest BCUT2D eigenvalue weighted by Crippen LogP contribution is -2.46. The van der Waals surface area contributed by atoms with Gasteiger partial charge >= 0.3 is 0 Å². The van der Waals surface area contributed by atoms with Crippen LogP contribution in [-0.2, 0) is 23.2 Å². The molecule has 9 nitrogen and oxygen atoms in total. The molecule has 0 aromatic carbocycles. The molecule has 0 aliphatic carbocycles. The average Bonchev–Trinajstić information content (AvgIpc) is 3.08. The van der Waals surface area contributed by atoms with Crippen LogP contribution in [-0.4, -0.2) is 74.3 Å². The number of hydrogen-bond donors (Lipinski definition) is 2. The molecular formula is C42H81N2O7P. The molecule has 0 radical (unpaired) electrons. The summed E-state index contributed by atoms with van der Waals surface area (Å²) in [6, 6.07) is -0.828. The van der Waals surface area contributed by atoms with Crippen molar-refractivity contribution in [3.8, 4) is 0 Å². The summed E-state index contributed by atoms with van der Waals surface area (Å²) in [5, 5.41) is 13.8. The van der Waals surface area contributed by atoms with Crippen LogP contribution in [0, 0.1) is 0 Å². The number of phosphoric acid groups is 1. The Morgan fingerprint density at radius 1 is 0.712 bits per heavy atom.